The number of ether oxygens (including phenoxy) is 1. The summed E-state index contributed by atoms with van der Waals surface area (Å²) in [5.41, 5.74) is 1.52. The zero-order chi connectivity index (χ0) is 23.6. The second kappa shape index (κ2) is 9.35. The first-order valence-corrected chi connectivity index (χ1v) is 11.0. The van der Waals surface area contributed by atoms with Gasteiger partial charge in [0.15, 0.2) is 5.65 Å². The third-order valence-corrected chi connectivity index (χ3v) is 5.64. The van der Waals surface area contributed by atoms with Crippen LogP contribution in [0.4, 0.5) is 18.9 Å². The monoisotopic (exact) mass is 520 g/mol. The molecule has 10 heteroatoms. The summed E-state index contributed by atoms with van der Waals surface area (Å²) >= 11 is 3.32. The molecule has 0 aliphatic heterocycles. The number of imidazole rings is 1. The van der Waals surface area contributed by atoms with Gasteiger partial charge < -0.3 is 19.8 Å². The number of anilines is 1. The van der Waals surface area contributed by atoms with E-state index in [4.69, 9.17) is 4.74 Å². The molecule has 0 saturated heterocycles. The minimum atomic E-state index is -4.39. The summed E-state index contributed by atoms with van der Waals surface area (Å²) in [5, 5.41) is 5.99. The molecule has 172 valence electrons. The molecule has 0 unspecified atom stereocenters. The van der Waals surface area contributed by atoms with Crippen molar-refractivity contribution in [2.45, 2.75) is 31.5 Å². The van der Waals surface area contributed by atoms with Gasteiger partial charge in [0.2, 0.25) is 0 Å². The lowest BCUT2D eigenvalue weighted by Crippen LogP contribution is -2.25. The Morgan fingerprint density at radius 2 is 2.12 bits per heavy atom. The molecular weight excluding hydrogens is 501 g/mol. The number of fused-ring (bicyclic) bond motifs is 1. The summed E-state index contributed by atoms with van der Waals surface area (Å²) in [6.07, 6.45) is -2.01. The van der Waals surface area contributed by atoms with E-state index in [9.17, 15) is 18.0 Å². The first kappa shape index (κ1) is 23.0. The van der Waals surface area contributed by atoms with Gasteiger partial charge in [-0.25, -0.2) is 4.98 Å². The number of nitrogens with one attached hydrogen (secondary N) is 2. The maximum atomic E-state index is 13.1. The number of amides is 1. The number of methoxy groups -OCH3 is 1. The fraction of sp³-hybridized carbons (Fsp3) is 0.304. The number of hydrogen-bond donors (Lipinski definition) is 2. The zero-order valence-corrected chi connectivity index (χ0v) is 19.2. The van der Waals surface area contributed by atoms with Crippen molar-refractivity contribution in [1.82, 2.24) is 14.7 Å². The molecule has 1 saturated carbocycles. The van der Waals surface area contributed by atoms with E-state index in [1.807, 2.05) is 0 Å². The molecule has 3 aromatic rings. The quantitative estimate of drug-likeness (QED) is 0.467. The molecule has 1 amide bonds. The Morgan fingerprint density at radius 3 is 2.82 bits per heavy atom. The minimum Gasteiger partial charge on any atom is -0.495 e. The first-order valence-electron chi connectivity index (χ1n) is 10.2. The third-order valence-electron chi connectivity index (χ3n) is 5.02. The van der Waals surface area contributed by atoms with Crippen molar-refractivity contribution >= 4 is 33.2 Å². The zero-order valence-electron chi connectivity index (χ0n) is 17.6. The predicted octanol–water partition coefficient (Wildman–Crippen LogP) is 4.57. The van der Waals surface area contributed by atoms with Crippen LogP contribution in [-0.4, -0.2) is 41.2 Å². The number of halogens is 4. The molecule has 6 nitrogen and oxygen atoms in total. The second-order valence-corrected chi connectivity index (χ2v) is 8.42. The van der Waals surface area contributed by atoms with Crippen molar-refractivity contribution in [3.8, 4) is 17.6 Å². The third kappa shape index (κ3) is 5.60. The van der Waals surface area contributed by atoms with Crippen LogP contribution in [0.15, 0.2) is 41.0 Å². The van der Waals surface area contributed by atoms with Crippen LogP contribution in [0.5, 0.6) is 5.75 Å². The summed E-state index contributed by atoms with van der Waals surface area (Å²) in [6, 6.07) is 8.61. The number of nitrogens with zero attached hydrogens (tertiary/aromatic N) is 2. The topological polar surface area (TPSA) is 67.7 Å². The molecular formula is C23H20BrF3N4O2. The normalized spacial score (nSPS) is 13.4. The van der Waals surface area contributed by atoms with Gasteiger partial charge in [0.25, 0.3) is 5.91 Å². The number of rotatable bonds is 6. The van der Waals surface area contributed by atoms with Gasteiger partial charge in [-0.3, -0.25) is 4.79 Å². The van der Waals surface area contributed by atoms with Gasteiger partial charge in [0.1, 0.15) is 11.4 Å². The smallest absolute Gasteiger partial charge is 0.394 e. The molecule has 2 N–H and O–H groups in total. The largest absolute Gasteiger partial charge is 0.495 e. The van der Waals surface area contributed by atoms with Gasteiger partial charge in [0.05, 0.1) is 35.9 Å². The molecule has 4 rings (SSSR count). The van der Waals surface area contributed by atoms with Crippen LogP contribution in [0, 0.1) is 11.8 Å². The number of carbonyl (C=O) groups excluding carboxylic acids is 1. The van der Waals surface area contributed by atoms with Crippen LogP contribution in [-0.2, 0) is 6.42 Å². The molecule has 0 radical (unpaired) electrons. The molecule has 1 aliphatic rings. The second-order valence-electron chi connectivity index (χ2n) is 7.57. The molecule has 1 aliphatic carbocycles. The maximum absolute atomic E-state index is 13.1. The summed E-state index contributed by atoms with van der Waals surface area (Å²) in [4.78, 5) is 16.5. The lowest BCUT2D eigenvalue weighted by molar-refractivity contribution is -0.128. The fourth-order valence-electron chi connectivity index (χ4n) is 3.28. The summed E-state index contributed by atoms with van der Waals surface area (Å²) in [5.74, 6) is 5.89. The van der Waals surface area contributed by atoms with Gasteiger partial charge in [0, 0.05) is 17.8 Å². The highest BCUT2D eigenvalue weighted by molar-refractivity contribution is 9.10. The molecule has 2 aromatic heterocycles. The summed E-state index contributed by atoms with van der Waals surface area (Å²) in [7, 11) is 1.49. The SMILES string of the molecule is COc1cc(C(=O)NC2CC2)ccc1NCC#Cc1nc2c(Br)cccn2c1CC(F)(F)F. The van der Waals surface area contributed by atoms with E-state index >= 15 is 0 Å². The van der Waals surface area contributed by atoms with Crippen LogP contribution in [0.3, 0.4) is 0 Å². The van der Waals surface area contributed by atoms with Crippen molar-refractivity contribution < 1.29 is 22.7 Å². The van der Waals surface area contributed by atoms with Gasteiger partial charge in [-0.2, -0.15) is 13.2 Å². The van der Waals surface area contributed by atoms with Gasteiger partial charge >= 0.3 is 6.18 Å². The molecule has 1 fully saturated rings. The van der Waals surface area contributed by atoms with Crippen LogP contribution in [0.2, 0.25) is 0 Å². The predicted molar refractivity (Wildman–Crippen MR) is 122 cm³/mol. The van der Waals surface area contributed by atoms with E-state index < -0.39 is 12.6 Å². The number of carbonyl (C=O) groups is 1. The fourth-order valence-corrected chi connectivity index (χ4v) is 3.72. The van der Waals surface area contributed by atoms with Crippen LogP contribution < -0.4 is 15.4 Å². The highest BCUT2D eigenvalue weighted by Crippen LogP contribution is 2.28. The highest BCUT2D eigenvalue weighted by atomic mass is 79.9. The van der Waals surface area contributed by atoms with E-state index in [-0.39, 0.29) is 29.9 Å². The Kier molecular flexibility index (Phi) is 6.51. The Labute approximate surface area is 196 Å². The number of aromatic nitrogens is 2. The molecule has 0 spiro atoms. The average Bonchev–Trinajstić information content (AvgIpc) is 3.52. The lowest BCUT2D eigenvalue weighted by atomic mass is 10.1. The van der Waals surface area contributed by atoms with Gasteiger partial charge in [-0.15, -0.1) is 0 Å². The van der Waals surface area contributed by atoms with Crippen LogP contribution >= 0.6 is 15.9 Å². The van der Waals surface area contributed by atoms with Gasteiger partial charge in [-0.05, 0) is 65.0 Å². The first-order chi connectivity index (χ1) is 15.7. The Bertz CT molecular complexity index is 1260. The molecule has 1 aromatic carbocycles. The molecule has 0 bridgehead atoms. The van der Waals surface area contributed by atoms with E-state index in [0.717, 1.165) is 12.8 Å². The van der Waals surface area contributed by atoms with Crippen molar-refractivity contribution in [2.75, 3.05) is 19.0 Å². The van der Waals surface area contributed by atoms with E-state index in [1.165, 1.54) is 17.7 Å². The van der Waals surface area contributed by atoms with E-state index in [1.54, 1.807) is 30.3 Å². The van der Waals surface area contributed by atoms with Crippen molar-refractivity contribution in [1.29, 1.82) is 0 Å². The summed E-state index contributed by atoms with van der Waals surface area (Å²) in [6.45, 7) is 0.143. The number of alkyl halides is 3. The Morgan fingerprint density at radius 1 is 1.33 bits per heavy atom. The Hall–Kier alpha value is -3.19. The Balaban J connectivity index is 1.51. The number of hydrogen-bond acceptors (Lipinski definition) is 4. The van der Waals surface area contributed by atoms with Gasteiger partial charge in [-0.1, -0.05) is 5.92 Å². The molecule has 33 heavy (non-hydrogen) atoms. The standard InChI is InChI=1S/C23H20BrF3N4O2/c1-33-20-12-14(22(32)29-15-7-8-15)6-9-18(20)28-10-2-5-17-19(13-23(25,26)27)31-11-3-4-16(24)21(31)30-17/h3-4,6,9,11-12,15,28H,7-8,10,13H2,1H3,(H,29,32). The summed E-state index contributed by atoms with van der Waals surface area (Å²) < 4.78 is 46.7. The van der Waals surface area contributed by atoms with Crippen molar-refractivity contribution in [2.24, 2.45) is 0 Å². The lowest BCUT2D eigenvalue weighted by Gasteiger charge is -2.11. The average molecular weight is 521 g/mol. The van der Waals surface area contributed by atoms with Crippen LogP contribution in [0.25, 0.3) is 5.65 Å². The number of benzene rings is 1. The molecule has 2 heterocycles. The minimum absolute atomic E-state index is 0.0186. The van der Waals surface area contributed by atoms with E-state index in [2.05, 4.69) is 43.4 Å². The van der Waals surface area contributed by atoms with E-state index in [0.29, 0.717) is 27.1 Å². The van der Waals surface area contributed by atoms with Crippen molar-refractivity contribution in [3.05, 3.63) is 58.0 Å². The highest BCUT2D eigenvalue weighted by Gasteiger charge is 2.31. The van der Waals surface area contributed by atoms with Crippen molar-refractivity contribution in [3.63, 3.8) is 0 Å². The number of pyridine rings is 1. The maximum Gasteiger partial charge on any atom is 0.394 e. The van der Waals surface area contributed by atoms with Crippen LogP contribution in [0.1, 0.15) is 34.6 Å². The molecule has 0 atom stereocenters.